The number of rotatable bonds is 3. The molecule has 1 aromatic carbocycles. The molecule has 0 N–H and O–H groups in total. The van der Waals surface area contributed by atoms with Crippen LogP contribution in [0.5, 0.6) is 0 Å². The Morgan fingerprint density at radius 3 is 2.28 bits per heavy atom. The summed E-state index contributed by atoms with van der Waals surface area (Å²) in [6, 6.07) is 8.58. The minimum Gasteiger partial charge on any atom is -0.454 e. The van der Waals surface area contributed by atoms with Crippen LogP contribution in [0, 0.1) is 0 Å². The van der Waals surface area contributed by atoms with E-state index in [4.69, 9.17) is 4.74 Å². The summed E-state index contributed by atoms with van der Waals surface area (Å²) < 4.78 is 42.2. The van der Waals surface area contributed by atoms with E-state index in [1.54, 1.807) is 30.3 Å². The largest absolute Gasteiger partial charge is 0.454 e. The Balaban J connectivity index is 2.77. The number of carbonyl (C=O) groups is 1. The third-order valence-electron chi connectivity index (χ3n) is 2.37. The van der Waals surface area contributed by atoms with E-state index in [1.807, 2.05) is 0 Å². The molecule has 98 valence electrons. The first kappa shape index (κ1) is 14.3. The molecule has 5 heteroatoms. The van der Waals surface area contributed by atoms with Crippen LogP contribution in [0.1, 0.15) is 25.5 Å². The van der Waals surface area contributed by atoms with Crippen LogP contribution in [0.25, 0.3) is 0 Å². The zero-order chi connectivity index (χ0) is 13.8. The molecular formula is C13H13F3O2. The van der Waals surface area contributed by atoms with Gasteiger partial charge >= 0.3 is 12.1 Å². The van der Waals surface area contributed by atoms with Crippen molar-refractivity contribution in [3.05, 3.63) is 47.5 Å². The molecule has 0 aliphatic carbocycles. The summed E-state index contributed by atoms with van der Waals surface area (Å²) in [6.45, 7) is 2.67. The number of benzene rings is 1. The molecule has 0 aromatic heterocycles. The number of alkyl halides is 3. The lowest BCUT2D eigenvalue weighted by Gasteiger charge is -2.16. The van der Waals surface area contributed by atoms with Gasteiger partial charge in [-0.2, -0.15) is 13.2 Å². The fraction of sp³-hybridized carbons (Fsp3) is 0.308. The van der Waals surface area contributed by atoms with Gasteiger partial charge in [0.25, 0.3) is 0 Å². The summed E-state index contributed by atoms with van der Waals surface area (Å²) in [4.78, 5) is 11.4. The van der Waals surface area contributed by atoms with Crippen LogP contribution in [0.2, 0.25) is 0 Å². The average molecular weight is 258 g/mol. The zero-order valence-corrected chi connectivity index (χ0v) is 9.99. The van der Waals surface area contributed by atoms with Gasteiger partial charge in [0, 0.05) is 0 Å². The third kappa shape index (κ3) is 3.61. The highest BCUT2D eigenvalue weighted by atomic mass is 19.4. The summed E-state index contributed by atoms with van der Waals surface area (Å²) >= 11 is 0. The van der Waals surface area contributed by atoms with E-state index >= 15 is 0 Å². The van der Waals surface area contributed by atoms with Crippen LogP contribution in [-0.4, -0.2) is 12.1 Å². The normalized spacial score (nSPS) is 14.2. The first-order valence-electron chi connectivity index (χ1n) is 5.35. The minimum atomic E-state index is -4.69. The Labute approximate surface area is 103 Å². The van der Waals surface area contributed by atoms with Crippen molar-refractivity contribution in [2.45, 2.75) is 26.1 Å². The van der Waals surface area contributed by atoms with Crippen LogP contribution in [0.4, 0.5) is 13.2 Å². The Morgan fingerprint density at radius 2 is 1.83 bits per heavy atom. The lowest BCUT2D eigenvalue weighted by molar-refractivity contribution is -0.155. The molecule has 0 amide bonds. The molecule has 1 rings (SSSR count). The number of carbonyl (C=O) groups excluding carboxylic acids is 1. The van der Waals surface area contributed by atoms with Gasteiger partial charge in [-0.15, -0.1) is 0 Å². The molecular weight excluding hydrogens is 245 g/mol. The van der Waals surface area contributed by atoms with Crippen molar-refractivity contribution in [3.63, 3.8) is 0 Å². The summed E-state index contributed by atoms with van der Waals surface area (Å²) in [6.07, 6.45) is -4.71. The predicted octanol–water partition coefficient (Wildman–Crippen LogP) is 3.80. The van der Waals surface area contributed by atoms with E-state index in [-0.39, 0.29) is 0 Å². The monoisotopic (exact) mass is 258 g/mol. The van der Waals surface area contributed by atoms with E-state index < -0.39 is 23.8 Å². The summed E-state index contributed by atoms with van der Waals surface area (Å²) in [5.74, 6) is -1.36. The highest BCUT2D eigenvalue weighted by molar-refractivity contribution is 5.89. The molecule has 0 spiro atoms. The molecule has 1 atom stereocenters. The summed E-state index contributed by atoms with van der Waals surface area (Å²) in [5.41, 5.74) is -0.645. The van der Waals surface area contributed by atoms with Crippen molar-refractivity contribution in [1.29, 1.82) is 0 Å². The molecule has 18 heavy (non-hydrogen) atoms. The van der Waals surface area contributed by atoms with Crippen molar-refractivity contribution < 1.29 is 22.7 Å². The first-order chi connectivity index (χ1) is 8.36. The second-order valence-corrected chi connectivity index (χ2v) is 3.66. The fourth-order valence-corrected chi connectivity index (χ4v) is 1.41. The van der Waals surface area contributed by atoms with E-state index in [9.17, 15) is 18.0 Å². The van der Waals surface area contributed by atoms with Crippen molar-refractivity contribution in [3.8, 4) is 0 Å². The highest BCUT2D eigenvalue weighted by Crippen LogP contribution is 2.28. The first-order valence-corrected chi connectivity index (χ1v) is 5.35. The number of hydrogen-bond acceptors (Lipinski definition) is 2. The molecule has 0 saturated heterocycles. The van der Waals surface area contributed by atoms with Crippen molar-refractivity contribution in [2.24, 2.45) is 0 Å². The summed E-state index contributed by atoms with van der Waals surface area (Å²) in [5, 5.41) is 0. The van der Waals surface area contributed by atoms with Crippen LogP contribution in [0.3, 0.4) is 0 Å². The molecule has 0 fully saturated rings. The maximum absolute atomic E-state index is 12.5. The van der Waals surface area contributed by atoms with Crippen LogP contribution in [-0.2, 0) is 9.53 Å². The molecule has 2 nitrogen and oxygen atoms in total. The van der Waals surface area contributed by atoms with Crippen LogP contribution < -0.4 is 0 Å². The van der Waals surface area contributed by atoms with Gasteiger partial charge in [0.05, 0.1) is 0 Å². The Kier molecular flexibility index (Phi) is 4.53. The van der Waals surface area contributed by atoms with Gasteiger partial charge in [-0.1, -0.05) is 36.4 Å². The molecule has 0 aliphatic rings. The van der Waals surface area contributed by atoms with Crippen LogP contribution in [0.15, 0.2) is 42.0 Å². The predicted molar refractivity (Wildman–Crippen MR) is 60.8 cm³/mol. The minimum absolute atomic E-state index is 0.642. The van der Waals surface area contributed by atoms with E-state index in [0.29, 0.717) is 11.6 Å². The maximum Gasteiger partial charge on any atom is 0.423 e. The smallest absolute Gasteiger partial charge is 0.423 e. The second kappa shape index (κ2) is 5.71. The number of halogens is 3. The Morgan fingerprint density at radius 1 is 1.28 bits per heavy atom. The third-order valence-corrected chi connectivity index (χ3v) is 2.37. The van der Waals surface area contributed by atoms with E-state index in [2.05, 4.69) is 0 Å². The van der Waals surface area contributed by atoms with Gasteiger partial charge in [0.2, 0.25) is 0 Å². The number of hydrogen-bond donors (Lipinski definition) is 0. The van der Waals surface area contributed by atoms with Crippen molar-refractivity contribution in [1.82, 2.24) is 0 Å². The van der Waals surface area contributed by atoms with Gasteiger partial charge in [-0.25, -0.2) is 4.79 Å². The zero-order valence-electron chi connectivity index (χ0n) is 9.99. The average Bonchev–Trinajstić information content (AvgIpc) is 2.29. The lowest BCUT2D eigenvalue weighted by atomic mass is 10.1. The Bertz CT molecular complexity index is 435. The standard InChI is InChI=1S/C13H13F3O2/c1-3-11(13(14,15)16)12(17)18-9(2)10-7-5-4-6-8-10/h3-9H,1-2H3. The van der Waals surface area contributed by atoms with Crippen LogP contribution >= 0.6 is 0 Å². The van der Waals surface area contributed by atoms with E-state index in [0.717, 1.165) is 6.92 Å². The quantitative estimate of drug-likeness (QED) is 0.609. The van der Waals surface area contributed by atoms with Gasteiger partial charge in [-0.05, 0) is 19.4 Å². The van der Waals surface area contributed by atoms with Gasteiger partial charge in [0.15, 0.2) is 0 Å². The fourth-order valence-electron chi connectivity index (χ4n) is 1.41. The lowest BCUT2D eigenvalue weighted by Crippen LogP contribution is -2.23. The highest BCUT2D eigenvalue weighted by Gasteiger charge is 2.39. The molecule has 0 heterocycles. The molecule has 1 aromatic rings. The summed E-state index contributed by atoms with van der Waals surface area (Å²) in [7, 11) is 0. The molecule has 0 radical (unpaired) electrons. The molecule has 1 unspecified atom stereocenters. The van der Waals surface area contributed by atoms with Crippen molar-refractivity contribution in [2.75, 3.05) is 0 Å². The van der Waals surface area contributed by atoms with Gasteiger partial charge < -0.3 is 4.74 Å². The number of allylic oxidation sites excluding steroid dienone is 1. The Hall–Kier alpha value is -1.78. The molecule has 0 saturated carbocycles. The van der Waals surface area contributed by atoms with Gasteiger partial charge in [0.1, 0.15) is 11.7 Å². The molecule has 0 aliphatic heterocycles. The second-order valence-electron chi connectivity index (χ2n) is 3.66. The number of ether oxygens (including phenoxy) is 1. The number of esters is 1. The SMILES string of the molecule is CC=C(C(=O)OC(C)c1ccccc1)C(F)(F)F. The van der Waals surface area contributed by atoms with Gasteiger partial charge in [-0.3, -0.25) is 0 Å². The topological polar surface area (TPSA) is 26.3 Å². The maximum atomic E-state index is 12.5. The van der Waals surface area contributed by atoms with E-state index in [1.165, 1.54) is 6.92 Å². The van der Waals surface area contributed by atoms with Crippen molar-refractivity contribution >= 4 is 5.97 Å². The molecule has 0 bridgehead atoms.